The predicted molar refractivity (Wildman–Crippen MR) is 66.1 cm³/mol. The molecule has 1 heterocycles. The van der Waals surface area contributed by atoms with Crippen molar-refractivity contribution in [2.24, 2.45) is 0 Å². The topological polar surface area (TPSA) is 42.4 Å². The highest BCUT2D eigenvalue weighted by atomic mass is 16.5. The molecule has 0 fully saturated rings. The Bertz CT molecular complexity index is 523. The fraction of sp³-hybridized carbons (Fsp3) is 0.214. The number of hydrogen-bond donors (Lipinski definition) is 1. The molecule has 0 radical (unpaired) electrons. The van der Waals surface area contributed by atoms with E-state index in [4.69, 9.17) is 4.74 Å². The number of ether oxygens (including phenoxy) is 1. The van der Waals surface area contributed by atoms with Gasteiger partial charge in [0.2, 0.25) is 0 Å². The van der Waals surface area contributed by atoms with Gasteiger partial charge in [-0.1, -0.05) is 17.7 Å². The van der Waals surface area contributed by atoms with Gasteiger partial charge in [0.05, 0.1) is 12.8 Å². The van der Waals surface area contributed by atoms with Crippen molar-refractivity contribution in [2.75, 3.05) is 0 Å². The van der Waals surface area contributed by atoms with Crippen LogP contribution in [0.1, 0.15) is 16.7 Å². The van der Waals surface area contributed by atoms with E-state index in [0.717, 1.165) is 16.9 Å². The second-order valence-electron chi connectivity index (χ2n) is 4.01. The molecule has 0 aliphatic heterocycles. The Morgan fingerprint density at radius 1 is 1.18 bits per heavy atom. The lowest BCUT2D eigenvalue weighted by Gasteiger charge is -2.11. The molecular formula is C14H15NO2. The lowest BCUT2D eigenvalue weighted by atomic mass is 10.1. The maximum Gasteiger partial charge on any atom is 0.151 e. The molecule has 17 heavy (non-hydrogen) atoms. The summed E-state index contributed by atoms with van der Waals surface area (Å²) in [6, 6.07) is 7.74. The molecule has 0 bridgehead atoms. The average molecular weight is 229 g/mol. The molecule has 3 heteroatoms. The minimum absolute atomic E-state index is 0.0528. The van der Waals surface area contributed by atoms with E-state index < -0.39 is 0 Å². The second kappa shape index (κ2) is 4.97. The average Bonchev–Trinajstić information content (AvgIpc) is 2.33. The van der Waals surface area contributed by atoms with Gasteiger partial charge in [-0.2, -0.15) is 0 Å². The van der Waals surface area contributed by atoms with Crippen LogP contribution in [-0.2, 0) is 6.61 Å². The third-order valence-electron chi connectivity index (χ3n) is 2.59. The van der Waals surface area contributed by atoms with Crippen LogP contribution >= 0.6 is 0 Å². The summed E-state index contributed by atoms with van der Waals surface area (Å²) >= 11 is 0. The van der Waals surface area contributed by atoms with Gasteiger partial charge in [0.1, 0.15) is 5.75 Å². The summed E-state index contributed by atoms with van der Waals surface area (Å²) in [6.07, 6.45) is 3.26. The fourth-order valence-corrected chi connectivity index (χ4v) is 1.66. The van der Waals surface area contributed by atoms with Gasteiger partial charge in [0.25, 0.3) is 0 Å². The maximum absolute atomic E-state index is 9.20. The van der Waals surface area contributed by atoms with Crippen molar-refractivity contribution in [1.82, 2.24) is 4.98 Å². The number of hydrogen-bond acceptors (Lipinski definition) is 3. The number of benzene rings is 1. The first-order valence-electron chi connectivity index (χ1n) is 5.49. The standard InChI is InChI=1S/C14H15NO2/c1-10-3-4-13(11(2)7-10)17-14-8-15-6-5-12(14)9-16/h3-8,16H,9H2,1-2H3. The molecule has 0 amide bonds. The van der Waals surface area contributed by atoms with Crippen LogP contribution in [0.2, 0.25) is 0 Å². The van der Waals surface area contributed by atoms with E-state index in [2.05, 4.69) is 11.1 Å². The molecule has 0 saturated carbocycles. The van der Waals surface area contributed by atoms with E-state index in [1.807, 2.05) is 26.0 Å². The molecule has 3 nitrogen and oxygen atoms in total. The highest BCUT2D eigenvalue weighted by Gasteiger charge is 2.06. The molecule has 1 N–H and O–H groups in total. The highest BCUT2D eigenvalue weighted by Crippen LogP contribution is 2.27. The van der Waals surface area contributed by atoms with Gasteiger partial charge in [-0.15, -0.1) is 0 Å². The molecule has 2 rings (SSSR count). The number of aryl methyl sites for hydroxylation is 2. The molecule has 0 unspecified atom stereocenters. The first-order valence-corrected chi connectivity index (χ1v) is 5.49. The van der Waals surface area contributed by atoms with Gasteiger partial charge in [-0.05, 0) is 31.5 Å². The van der Waals surface area contributed by atoms with Crippen LogP contribution in [-0.4, -0.2) is 10.1 Å². The number of rotatable bonds is 3. The number of aromatic nitrogens is 1. The molecule has 0 atom stereocenters. The summed E-state index contributed by atoms with van der Waals surface area (Å²) in [5.74, 6) is 1.39. The zero-order chi connectivity index (χ0) is 12.3. The zero-order valence-corrected chi connectivity index (χ0v) is 9.97. The Labute approximate surface area is 101 Å². The van der Waals surface area contributed by atoms with E-state index in [1.165, 1.54) is 5.56 Å². The monoisotopic (exact) mass is 229 g/mol. The van der Waals surface area contributed by atoms with Gasteiger partial charge in [-0.25, -0.2) is 0 Å². The zero-order valence-electron chi connectivity index (χ0n) is 9.97. The molecular weight excluding hydrogens is 214 g/mol. The van der Waals surface area contributed by atoms with Crippen molar-refractivity contribution >= 4 is 0 Å². The van der Waals surface area contributed by atoms with Gasteiger partial charge in [0, 0.05) is 11.8 Å². The van der Waals surface area contributed by atoms with Crippen molar-refractivity contribution in [2.45, 2.75) is 20.5 Å². The van der Waals surface area contributed by atoms with E-state index >= 15 is 0 Å². The van der Waals surface area contributed by atoms with Crippen LogP contribution in [0.5, 0.6) is 11.5 Å². The van der Waals surface area contributed by atoms with Crippen LogP contribution in [0, 0.1) is 13.8 Å². The third kappa shape index (κ3) is 2.63. The Hall–Kier alpha value is -1.87. The molecule has 88 valence electrons. The van der Waals surface area contributed by atoms with Crippen molar-refractivity contribution in [3.05, 3.63) is 53.3 Å². The van der Waals surface area contributed by atoms with Crippen LogP contribution in [0.3, 0.4) is 0 Å². The van der Waals surface area contributed by atoms with Gasteiger partial charge in [-0.3, -0.25) is 4.98 Å². The minimum Gasteiger partial charge on any atom is -0.455 e. The molecule has 0 saturated heterocycles. The molecule has 1 aromatic carbocycles. The summed E-state index contributed by atoms with van der Waals surface area (Å²) in [4.78, 5) is 4.00. The predicted octanol–water partition coefficient (Wildman–Crippen LogP) is 2.98. The van der Waals surface area contributed by atoms with Crippen LogP contribution in [0.25, 0.3) is 0 Å². The lowest BCUT2D eigenvalue weighted by molar-refractivity contribution is 0.276. The van der Waals surface area contributed by atoms with Crippen molar-refractivity contribution in [3.8, 4) is 11.5 Å². The third-order valence-corrected chi connectivity index (χ3v) is 2.59. The molecule has 0 aliphatic carbocycles. The Morgan fingerprint density at radius 2 is 2.00 bits per heavy atom. The second-order valence-corrected chi connectivity index (χ2v) is 4.01. The Kier molecular flexibility index (Phi) is 3.40. The molecule has 2 aromatic rings. The summed E-state index contributed by atoms with van der Waals surface area (Å²) < 4.78 is 5.76. The van der Waals surface area contributed by atoms with Crippen LogP contribution in [0.4, 0.5) is 0 Å². The van der Waals surface area contributed by atoms with Crippen LogP contribution in [0.15, 0.2) is 36.7 Å². The SMILES string of the molecule is Cc1ccc(Oc2cnccc2CO)c(C)c1. The van der Waals surface area contributed by atoms with E-state index in [9.17, 15) is 5.11 Å². The van der Waals surface area contributed by atoms with E-state index in [0.29, 0.717) is 5.75 Å². The molecule has 0 aliphatic rings. The smallest absolute Gasteiger partial charge is 0.151 e. The van der Waals surface area contributed by atoms with Gasteiger partial charge in [0.15, 0.2) is 5.75 Å². The Morgan fingerprint density at radius 3 is 2.71 bits per heavy atom. The number of pyridine rings is 1. The first kappa shape index (κ1) is 11.6. The van der Waals surface area contributed by atoms with E-state index in [1.54, 1.807) is 18.5 Å². The maximum atomic E-state index is 9.20. The van der Waals surface area contributed by atoms with Crippen molar-refractivity contribution in [1.29, 1.82) is 0 Å². The fourth-order valence-electron chi connectivity index (χ4n) is 1.66. The van der Waals surface area contributed by atoms with Crippen LogP contribution < -0.4 is 4.74 Å². The normalized spacial score (nSPS) is 10.3. The lowest BCUT2D eigenvalue weighted by Crippen LogP contribution is -1.94. The number of aliphatic hydroxyl groups is 1. The summed E-state index contributed by atoms with van der Waals surface area (Å²) in [5.41, 5.74) is 3.00. The quantitative estimate of drug-likeness (QED) is 0.879. The summed E-state index contributed by atoms with van der Waals surface area (Å²) in [5, 5.41) is 9.20. The summed E-state index contributed by atoms with van der Waals surface area (Å²) in [6.45, 7) is 3.99. The van der Waals surface area contributed by atoms with Gasteiger partial charge >= 0.3 is 0 Å². The van der Waals surface area contributed by atoms with Crippen molar-refractivity contribution < 1.29 is 9.84 Å². The summed E-state index contributed by atoms with van der Waals surface area (Å²) in [7, 11) is 0. The highest BCUT2D eigenvalue weighted by molar-refractivity contribution is 5.40. The van der Waals surface area contributed by atoms with Crippen molar-refractivity contribution in [3.63, 3.8) is 0 Å². The minimum atomic E-state index is -0.0528. The largest absolute Gasteiger partial charge is 0.455 e. The van der Waals surface area contributed by atoms with Gasteiger partial charge < -0.3 is 9.84 Å². The number of aliphatic hydroxyl groups excluding tert-OH is 1. The number of nitrogens with zero attached hydrogens (tertiary/aromatic N) is 1. The van der Waals surface area contributed by atoms with E-state index in [-0.39, 0.29) is 6.61 Å². The first-order chi connectivity index (χ1) is 8.20. The Balaban J connectivity index is 2.31. The molecule has 0 spiro atoms. The molecule has 1 aromatic heterocycles.